The minimum absolute atomic E-state index is 0.0106. The Balaban J connectivity index is 1.46. The first-order valence-corrected chi connectivity index (χ1v) is 11.2. The van der Waals surface area contributed by atoms with Crippen LogP contribution in [0.25, 0.3) is 0 Å². The molecule has 2 amide bonds. The predicted octanol–water partition coefficient (Wildman–Crippen LogP) is 2.31. The quantitative estimate of drug-likeness (QED) is 0.777. The van der Waals surface area contributed by atoms with Crippen molar-refractivity contribution in [1.82, 2.24) is 24.7 Å². The van der Waals surface area contributed by atoms with Crippen molar-refractivity contribution in [3.63, 3.8) is 0 Å². The van der Waals surface area contributed by atoms with Crippen LogP contribution in [0.4, 0.5) is 0 Å². The Labute approximate surface area is 173 Å². The minimum Gasteiger partial charge on any atom is -0.338 e. The Morgan fingerprint density at radius 3 is 2.79 bits per heavy atom. The fourth-order valence-electron chi connectivity index (χ4n) is 5.09. The average Bonchev–Trinajstić information content (AvgIpc) is 3.23. The van der Waals surface area contributed by atoms with Crippen LogP contribution in [0.3, 0.4) is 0 Å². The van der Waals surface area contributed by atoms with Gasteiger partial charge >= 0.3 is 0 Å². The molecule has 158 valence electrons. The normalized spacial score (nSPS) is 25.2. The highest BCUT2D eigenvalue weighted by atomic mass is 16.2. The van der Waals surface area contributed by atoms with Gasteiger partial charge < -0.3 is 9.80 Å². The van der Waals surface area contributed by atoms with Crippen molar-refractivity contribution in [2.24, 2.45) is 0 Å². The van der Waals surface area contributed by atoms with Gasteiger partial charge in [0, 0.05) is 50.8 Å². The lowest BCUT2D eigenvalue weighted by Gasteiger charge is -2.36. The number of piperidine rings is 1. The van der Waals surface area contributed by atoms with Crippen molar-refractivity contribution in [1.29, 1.82) is 0 Å². The van der Waals surface area contributed by atoms with E-state index < -0.39 is 0 Å². The zero-order valence-electron chi connectivity index (χ0n) is 17.8. The second-order valence-corrected chi connectivity index (χ2v) is 8.66. The van der Waals surface area contributed by atoms with Crippen LogP contribution < -0.4 is 0 Å². The smallest absolute Gasteiger partial charge is 0.237 e. The maximum absolute atomic E-state index is 13.2. The van der Waals surface area contributed by atoms with Gasteiger partial charge in [-0.1, -0.05) is 13.3 Å². The van der Waals surface area contributed by atoms with Gasteiger partial charge in [-0.15, -0.1) is 0 Å². The largest absolute Gasteiger partial charge is 0.338 e. The van der Waals surface area contributed by atoms with Crippen molar-refractivity contribution < 1.29 is 9.59 Å². The van der Waals surface area contributed by atoms with E-state index in [1.165, 1.54) is 19.3 Å². The Morgan fingerprint density at radius 2 is 2.00 bits per heavy atom. The first-order valence-electron chi connectivity index (χ1n) is 11.2. The van der Waals surface area contributed by atoms with Crippen LogP contribution in [0, 0.1) is 0 Å². The lowest BCUT2D eigenvalue weighted by Crippen LogP contribution is -2.46. The number of amides is 2. The maximum atomic E-state index is 13.2. The molecule has 0 unspecified atom stereocenters. The van der Waals surface area contributed by atoms with Gasteiger partial charge in [-0.3, -0.25) is 14.5 Å². The van der Waals surface area contributed by atoms with Crippen molar-refractivity contribution in [3.8, 4) is 0 Å². The summed E-state index contributed by atoms with van der Waals surface area (Å²) in [5.41, 5.74) is 2.07. The van der Waals surface area contributed by atoms with E-state index in [9.17, 15) is 9.59 Å². The highest BCUT2D eigenvalue weighted by Crippen LogP contribution is 2.31. The van der Waals surface area contributed by atoms with Crippen molar-refractivity contribution >= 4 is 11.8 Å². The lowest BCUT2D eigenvalue weighted by atomic mass is 10.00. The van der Waals surface area contributed by atoms with Crippen LogP contribution in [0.15, 0.2) is 6.20 Å². The molecule has 7 heteroatoms. The van der Waals surface area contributed by atoms with Gasteiger partial charge in [0.25, 0.3) is 0 Å². The topological polar surface area (TPSA) is 69.6 Å². The van der Waals surface area contributed by atoms with E-state index in [4.69, 9.17) is 4.98 Å². The molecule has 2 saturated heterocycles. The fourth-order valence-corrected chi connectivity index (χ4v) is 5.09. The molecule has 29 heavy (non-hydrogen) atoms. The molecule has 4 rings (SSSR count). The number of aromatic nitrogens is 2. The third-order valence-corrected chi connectivity index (χ3v) is 6.83. The summed E-state index contributed by atoms with van der Waals surface area (Å²) < 4.78 is 0. The van der Waals surface area contributed by atoms with E-state index >= 15 is 0 Å². The van der Waals surface area contributed by atoms with Gasteiger partial charge in [0.15, 0.2) is 5.82 Å². The number of carbonyl (C=O) groups excluding carboxylic acids is 2. The molecule has 2 atom stereocenters. The first-order chi connectivity index (χ1) is 14.1. The second kappa shape index (κ2) is 8.78. The molecule has 2 fully saturated rings. The zero-order chi connectivity index (χ0) is 20.4. The van der Waals surface area contributed by atoms with Gasteiger partial charge in [0.2, 0.25) is 11.8 Å². The molecule has 7 nitrogen and oxygen atoms in total. The summed E-state index contributed by atoms with van der Waals surface area (Å²) in [6.07, 6.45) is 9.36. The Bertz CT molecular complexity index is 768. The van der Waals surface area contributed by atoms with E-state index in [2.05, 4.69) is 16.8 Å². The first kappa shape index (κ1) is 20.3. The summed E-state index contributed by atoms with van der Waals surface area (Å²) in [4.78, 5) is 40.5. The standard InChI is InChI=1S/C22H33N5O2/c1-3-18-7-4-5-10-26(18)15-21(29)27-11-6-8-20(27)22-23-13-17-14-25(16(2)28)12-9-19(17)24-22/h13,18,20H,3-12,14-15H2,1-2H3/t18-,20-/m0/s1. The molecule has 0 aromatic carbocycles. The summed E-state index contributed by atoms with van der Waals surface area (Å²) >= 11 is 0. The van der Waals surface area contributed by atoms with Crippen molar-refractivity contribution in [3.05, 3.63) is 23.3 Å². The van der Waals surface area contributed by atoms with E-state index in [1.807, 2.05) is 16.0 Å². The van der Waals surface area contributed by atoms with Crippen molar-refractivity contribution in [2.45, 2.75) is 77.4 Å². The predicted molar refractivity (Wildman–Crippen MR) is 110 cm³/mol. The Hall–Kier alpha value is -2.02. The summed E-state index contributed by atoms with van der Waals surface area (Å²) in [6, 6.07) is 0.529. The van der Waals surface area contributed by atoms with E-state index in [-0.39, 0.29) is 17.9 Å². The van der Waals surface area contributed by atoms with Gasteiger partial charge in [0.1, 0.15) is 0 Å². The number of hydrogen-bond acceptors (Lipinski definition) is 5. The van der Waals surface area contributed by atoms with Crippen molar-refractivity contribution in [2.75, 3.05) is 26.2 Å². The molecule has 3 aliphatic rings. The molecule has 0 aliphatic carbocycles. The zero-order valence-corrected chi connectivity index (χ0v) is 17.8. The highest BCUT2D eigenvalue weighted by Gasteiger charge is 2.34. The molecular weight excluding hydrogens is 366 g/mol. The number of nitrogens with zero attached hydrogens (tertiary/aromatic N) is 5. The van der Waals surface area contributed by atoms with Crippen LogP contribution in [-0.2, 0) is 22.6 Å². The van der Waals surface area contributed by atoms with E-state index in [0.717, 1.165) is 55.9 Å². The number of carbonyl (C=O) groups is 2. The van der Waals surface area contributed by atoms with Gasteiger partial charge in [-0.2, -0.15) is 0 Å². The van der Waals surface area contributed by atoms with Gasteiger partial charge in [-0.05, 0) is 38.6 Å². The average molecular weight is 400 g/mol. The Kier molecular flexibility index (Phi) is 6.13. The Morgan fingerprint density at radius 1 is 1.14 bits per heavy atom. The van der Waals surface area contributed by atoms with E-state index in [0.29, 0.717) is 25.7 Å². The number of fused-ring (bicyclic) bond motifs is 1. The SMILES string of the molecule is CC[C@H]1CCCCN1CC(=O)N1CCC[C@H]1c1ncc2c(n1)CCN(C(C)=O)C2. The fraction of sp³-hybridized carbons (Fsp3) is 0.727. The maximum Gasteiger partial charge on any atom is 0.237 e. The molecule has 0 spiro atoms. The molecule has 0 radical (unpaired) electrons. The molecule has 0 bridgehead atoms. The van der Waals surface area contributed by atoms with Crippen LogP contribution in [0.1, 0.15) is 75.5 Å². The summed E-state index contributed by atoms with van der Waals surface area (Å²) in [7, 11) is 0. The van der Waals surface area contributed by atoms with Crippen LogP contribution in [-0.4, -0.2) is 68.7 Å². The van der Waals surface area contributed by atoms with Gasteiger partial charge in [-0.25, -0.2) is 9.97 Å². The summed E-state index contributed by atoms with van der Waals surface area (Å²) in [5, 5.41) is 0. The summed E-state index contributed by atoms with van der Waals surface area (Å²) in [6.45, 7) is 7.48. The number of likely N-dealkylation sites (tertiary alicyclic amines) is 2. The highest BCUT2D eigenvalue weighted by molar-refractivity contribution is 5.79. The molecule has 4 heterocycles. The minimum atomic E-state index is -0.0106. The van der Waals surface area contributed by atoms with Crippen LogP contribution in [0.2, 0.25) is 0 Å². The molecule has 0 N–H and O–H groups in total. The number of rotatable bonds is 4. The van der Waals surface area contributed by atoms with Gasteiger partial charge in [0.05, 0.1) is 18.3 Å². The van der Waals surface area contributed by atoms with Crippen LogP contribution in [0.5, 0.6) is 0 Å². The lowest BCUT2D eigenvalue weighted by molar-refractivity contribution is -0.134. The molecular formula is C22H33N5O2. The second-order valence-electron chi connectivity index (χ2n) is 8.66. The molecule has 1 aromatic heterocycles. The monoisotopic (exact) mass is 399 g/mol. The number of hydrogen-bond donors (Lipinski definition) is 0. The third-order valence-electron chi connectivity index (χ3n) is 6.83. The summed E-state index contributed by atoms with van der Waals surface area (Å²) in [5.74, 6) is 1.09. The van der Waals surface area contributed by atoms with E-state index in [1.54, 1.807) is 6.92 Å². The molecule has 1 aromatic rings. The molecule has 0 saturated carbocycles. The van der Waals surface area contributed by atoms with Crippen LogP contribution >= 0.6 is 0 Å². The third kappa shape index (κ3) is 4.29. The molecule has 3 aliphatic heterocycles.